The number of rotatable bonds is 4. The molecule has 1 saturated heterocycles. The van der Waals surface area contributed by atoms with Crippen LogP contribution in [0.2, 0.25) is 18.1 Å². The van der Waals surface area contributed by atoms with E-state index in [-0.39, 0.29) is 34.7 Å². The number of β-lactam (4-membered cyclic amide) rings is 1. The van der Waals surface area contributed by atoms with Gasteiger partial charge < -0.3 is 14.4 Å². The predicted octanol–water partition coefficient (Wildman–Crippen LogP) is 2.60. The van der Waals surface area contributed by atoms with Gasteiger partial charge in [0.15, 0.2) is 8.32 Å². The zero-order valence-corrected chi connectivity index (χ0v) is 14.6. The van der Waals surface area contributed by atoms with Crippen LogP contribution in [0.3, 0.4) is 0 Å². The van der Waals surface area contributed by atoms with Crippen LogP contribution in [0.25, 0.3) is 0 Å². The van der Waals surface area contributed by atoms with E-state index in [9.17, 15) is 9.59 Å². The molecule has 0 radical (unpaired) electrons. The molecule has 118 valence electrons. The van der Waals surface area contributed by atoms with Gasteiger partial charge in [-0.3, -0.25) is 4.79 Å². The second-order valence-corrected chi connectivity index (χ2v) is 12.3. The molecule has 21 heavy (non-hydrogen) atoms. The van der Waals surface area contributed by atoms with Gasteiger partial charge in [-0.05, 0) is 31.5 Å². The van der Waals surface area contributed by atoms with Crippen LogP contribution in [0.5, 0.6) is 0 Å². The van der Waals surface area contributed by atoms with E-state index in [1.165, 1.54) is 4.90 Å². The van der Waals surface area contributed by atoms with Crippen LogP contribution in [0, 0.1) is 5.92 Å². The summed E-state index contributed by atoms with van der Waals surface area (Å²) in [5.74, 6) is -1.35. The van der Waals surface area contributed by atoms with Crippen molar-refractivity contribution in [3.05, 3.63) is 11.8 Å². The van der Waals surface area contributed by atoms with E-state index in [1.54, 1.807) is 6.08 Å². The van der Waals surface area contributed by atoms with Crippen LogP contribution in [-0.4, -0.2) is 42.3 Å². The fourth-order valence-electron chi connectivity index (χ4n) is 2.87. The van der Waals surface area contributed by atoms with Crippen LogP contribution in [0.15, 0.2) is 11.8 Å². The average molecular weight is 311 g/mol. The highest BCUT2D eigenvalue weighted by Gasteiger charge is 2.56. The fraction of sp³-hybridized carbons (Fsp3) is 0.733. The summed E-state index contributed by atoms with van der Waals surface area (Å²) < 4.78 is 6.30. The van der Waals surface area contributed by atoms with Crippen molar-refractivity contribution < 1.29 is 19.1 Å². The molecule has 1 amide bonds. The summed E-state index contributed by atoms with van der Waals surface area (Å²) >= 11 is 0. The molecule has 5 nitrogen and oxygen atoms in total. The third kappa shape index (κ3) is 2.55. The SMILES string of the molecule is CC(O[Si](C)(C)C(C)(C)C)C1C(=O)N2C(C(=O)O)=CCC12. The maximum Gasteiger partial charge on any atom is 0.352 e. The fourth-order valence-corrected chi connectivity index (χ4v) is 4.30. The summed E-state index contributed by atoms with van der Waals surface area (Å²) in [4.78, 5) is 24.8. The number of nitrogens with zero attached hydrogens (tertiary/aromatic N) is 1. The lowest BCUT2D eigenvalue weighted by atomic mass is 9.83. The van der Waals surface area contributed by atoms with E-state index >= 15 is 0 Å². The number of carbonyl (C=O) groups is 2. The maximum absolute atomic E-state index is 12.3. The van der Waals surface area contributed by atoms with Gasteiger partial charge in [0.25, 0.3) is 0 Å². The molecule has 3 unspecified atom stereocenters. The first kappa shape index (κ1) is 16.2. The number of aliphatic carboxylic acids is 1. The molecule has 3 atom stereocenters. The lowest BCUT2D eigenvalue weighted by Crippen LogP contribution is -2.63. The number of carboxylic acid groups (broad SMARTS) is 1. The molecule has 6 heteroatoms. The van der Waals surface area contributed by atoms with Crippen molar-refractivity contribution in [3.63, 3.8) is 0 Å². The molecular weight excluding hydrogens is 286 g/mol. The minimum absolute atomic E-state index is 0.0385. The molecule has 0 aromatic rings. The van der Waals surface area contributed by atoms with Gasteiger partial charge in [-0.1, -0.05) is 26.8 Å². The Morgan fingerprint density at radius 1 is 1.48 bits per heavy atom. The Morgan fingerprint density at radius 2 is 2.05 bits per heavy atom. The van der Waals surface area contributed by atoms with E-state index < -0.39 is 14.3 Å². The zero-order valence-electron chi connectivity index (χ0n) is 13.6. The Balaban J connectivity index is 2.06. The van der Waals surface area contributed by atoms with Gasteiger partial charge in [0.2, 0.25) is 5.91 Å². The van der Waals surface area contributed by atoms with Gasteiger partial charge in [0.05, 0.1) is 18.1 Å². The van der Waals surface area contributed by atoms with E-state index in [0.29, 0.717) is 6.42 Å². The molecule has 0 spiro atoms. The van der Waals surface area contributed by atoms with Crippen molar-refractivity contribution in [1.82, 2.24) is 4.90 Å². The number of hydrogen-bond acceptors (Lipinski definition) is 3. The second-order valence-electron chi connectivity index (χ2n) is 7.51. The maximum atomic E-state index is 12.3. The molecule has 0 saturated carbocycles. The first-order chi connectivity index (χ1) is 9.47. The van der Waals surface area contributed by atoms with Crippen LogP contribution in [-0.2, 0) is 14.0 Å². The van der Waals surface area contributed by atoms with Crippen molar-refractivity contribution in [3.8, 4) is 0 Å². The number of hydrogen-bond donors (Lipinski definition) is 1. The number of fused-ring (bicyclic) bond motifs is 1. The Bertz CT molecular complexity index is 506. The molecule has 2 heterocycles. The molecule has 0 bridgehead atoms. The average Bonchev–Trinajstić information content (AvgIpc) is 2.66. The van der Waals surface area contributed by atoms with E-state index in [4.69, 9.17) is 9.53 Å². The van der Waals surface area contributed by atoms with Crippen molar-refractivity contribution in [1.29, 1.82) is 0 Å². The van der Waals surface area contributed by atoms with E-state index in [1.807, 2.05) is 6.92 Å². The van der Waals surface area contributed by atoms with Crippen LogP contribution < -0.4 is 0 Å². The molecule has 0 aliphatic carbocycles. The van der Waals surface area contributed by atoms with Gasteiger partial charge in [-0.2, -0.15) is 0 Å². The summed E-state index contributed by atoms with van der Waals surface area (Å²) in [6, 6.07) is -0.0385. The summed E-state index contributed by atoms with van der Waals surface area (Å²) in [6.07, 6.45) is 2.09. The molecule has 0 aromatic carbocycles. The molecule has 1 fully saturated rings. The topological polar surface area (TPSA) is 66.8 Å². The summed E-state index contributed by atoms with van der Waals surface area (Å²) in [5.41, 5.74) is 0.126. The molecule has 2 rings (SSSR count). The Labute approximate surface area is 127 Å². The van der Waals surface area contributed by atoms with E-state index in [2.05, 4.69) is 33.9 Å². The van der Waals surface area contributed by atoms with Crippen molar-refractivity contribution >= 4 is 20.2 Å². The quantitative estimate of drug-likeness (QED) is 0.640. The lowest BCUT2D eigenvalue weighted by Gasteiger charge is -2.48. The van der Waals surface area contributed by atoms with Crippen LogP contribution >= 0.6 is 0 Å². The van der Waals surface area contributed by atoms with Crippen molar-refractivity contribution in [2.45, 2.75) is 64.4 Å². The number of carboxylic acids is 1. The zero-order chi connectivity index (χ0) is 16.2. The molecular formula is C15H25NO4Si. The third-order valence-electron chi connectivity index (χ3n) is 5.09. The molecule has 0 aromatic heterocycles. The Hall–Kier alpha value is -1.14. The van der Waals surface area contributed by atoms with E-state index in [0.717, 1.165) is 0 Å². The largest absolute Gasteiger partial charge is 0.477 e. The minimum Gasteiger partial charge on any atom is -0.477 e. The van der Waals surface area contributed by atoms with Gasteiger partial charge in [0, 0.05) is 0 Å². The smallest absolute Gasteiger partial charge is 0.352 e. The Kier molecular flexibility index (Phi) is 3.83. The standard InChI is InChI=1S/C15H25NO4Si/c1-9(20-21(5,6)15(2,3)4)12-10-7-8-11(14(18)19)16(10)13(12)17/h8-10,12H,7H2,1-6H3,(H,18,19). The summed E-state index contributed by atoms with van der Waals surface area (Å²) in [6.45, 7) is 12.8. The Morgan fingerprint density at radius 3 is 2.52 bits per heavy atom. The number of carbonyl (C=O) groups excluding carboxylic acids is 1. The minimum atomic E-state index is -1.93. The molecule has 2 aliphatic heterocycles. The normalized spacial score (nSPS) is 27.0. The summed E-state index contributed by atoms with van der Waals surface area (Å²) in [5, 5.41) is 9.18. The highest BCUT2D eigenvalue weighted by molar-refractivity contribution is 6.74. The number of amides is 1. The van der Waals surface area contributed by atoms with Gasteiger partial charge in [-0.15, -0.1) is 0 Å². The lowest BCUT2D eigenvalue weighted by molar-refractivity contribution is -0.160. The van der Waals surface area contributed by atoms with Gasteiger partial charge >= 0.3 is 5.97 Å². The van der Waals surface area contributed by atoms with Crippen LogP contribution in [0.1, 0.15) is 34.1 Å². The highest BCUT2D eigenvalue weighted by Crippen LogP contribution is 2.44. The summed E-state index contributed by atoms with van der Waals surface area (Å²) in [7, 11) is -1.93. The highest BCUT2D eigenvalue weighted by atomic mass is 28.4. The molecule has 2 aliphatic rings. The van der Waals surface area contributed by atoms with Gasteiger partial charge in [-0.25, -0.2) is 4.79 Å². The second kappa shape index (κ2) is 4.95. The first-order valence-electron chi connectivity index (χ1n) is 7.41. The van der Waals surface area contributed by atoms with Crippen LogP contribution in [0.4, 0.5) is 0 Å². The predicted molar refractivity (Wildman–Crippen MR) is 82.2 cm³/mol. The monoisotopic (exact) mass is 311 g/mol. The first-order valence-corrected chi connectivity index (χ1v) is 10.3. The van der Waals surface area contributed by atoms with Crippen molar-refractivity contribution in [2.24, 2.45) is 5.92 Å². The molecule has 1 N–H and O–H groups in total. The van der Waals surface area contributed by atoms with Gasteiger partial charge in [0.1, 0.15) is 5.70 Å². The third-order valence-corrected chi connectivity index (χ3v) is 9.67. The van der Waals surface area contributed by atoms with Crippen molar-refractivity contribution in [2.75, 3.05) is 0 Å².